The quantitative estimate of drug-likeness (QED) is 0.0458. The van der Waals surface area contributed by atoms with Crippen molar-refractivity contribution in [1.29, 1.82) is 0 Å². The highest BCUT2D eigenvalue weighted by Crippen LogP contribution is 2.19. The van der Waals surface area contributed by atoms with E-state index in [1.807, 2.05) is 0 Å². The molecule has 0 aliphatic heterocycles. The lowest BCUT2D eigenvalue weighted by Gasteiger charge is -2.23. The van der Waals surface area contributed by atoms with Crippen LogP contribution < -0.4 is 5.32 Å². The minimum Gasteiger partial charge on any atom is -0.394 e. The van der Waals surface area contributed by atoms with E-state index in [-0.39, 0.29) is 18.9 Å². The Kier molecular flexibility index (Phi) is 55.4. The summed E-state index contributed by atoms with van der Waals surface area (Å²) < 4.78 is 0. The van der Waals surface area contributed by atoms with Gasteiger partial charge < -0.3 is 20.6 Å². The number of rotatable bonds is 57. The summed E-state index contributed by atoms with van der Waals surface area (Å²) in [6.07, 6.45) is 68.5. The maximum atomic E-state index is 12.6. The largest absolute Gasteiger partial charge is 0.394 e. The fraction of sp³-hybridized carbons (Fsp3) is 0.983. The van der Waals surface area contributed by atoms with Gasteiger partial charge in [-0.1, -0.05) is 335 Å². The molecule has 0 aromatic carbocycles. The second-order valence-corrected chi connectivity index (χ2v) is 21.3. The number of hydrogen-bond acceptors (Lipinski definition) is 4. The summed E-state index contributed by atoms with van der Waals surface area (Å²) in [6, 6.07) is -0.655. The SMILES string of the molecule is CCCCCCCCCCCCCCCCCCCCCCCCCCCCCC(O)CC(=O)NC(CO)C(O)CCCCCCCCCCCCCCCCCCCCCCCCC. The summed E-state index contributed by atoms with van der Waals surface area (Å²) in [5, 5.41) is 33.7. The lowest BCUT2D eigenvalue weighted by molar-refractivity contribution is -0.125. The lowest BCUT2D eigenvalue weighted by atomic mass is 10.0. The predicted octanol–water partition coefficient (Wildman–Crippen LogP) is 18.9. The third-order valence-corrected chi connectivity index (χ3v) is 14.7. The first-order valence-electron chi connectivity index (χ1n) is 30.3. The highest BCUT2D eigenvalue weighted by Gasteiger charge is 2.21. The van der Waals surface area contributed by atoms with Gasteiger partial charge in [-0.15, -0.1) is 0 Å². The van der Waals surface area contributed by atoms with Crippen LogP contribution in [0, 0.1) is 0 Å². The lowest BCUT2D eigenvalue weighted by Crippen LogP contribution is -2.46. The van der Waals surface area contributed by atoms with Gasteiger partial charge >= 0.3 is 0 Å². The molecule has 0 spiro atoms. The van der Waals surface area contributed by atoms with Gasteiger partial charge in [-0.05, 0) is 12.8 Å². The number of aliphatic hydroxyl groups excluding tert-OH is 3. The van der Waals surface area contributed by atoms with Gasteiger partial charge in [0.15, 0.2) is 0 Å². The number of carbonyl (C=O) groups is 1. The molecule has 5 nitrogen and oxygen atoms in total. The van der Waals surface area contributed by atoms with E-state index in [0.717, 1.165) is 25.7 Å². The summed E-state index contributed by atoms with van der Waals surface area (Å²) >= 11 is 0. The molecule has 1 amide bonds. The molecule has 0 aromatic rings. The van der Waals surface area contributed by atoms with Gasteiger partial charge in [0.2, 0.25) is 5.91 Å². The zero-order valence-electron chi connectivity index (χ0n) is 44.7. The zero-order chi connectivity index (χ0) is 47.2. The van der Waals surface area contributed by atoms with Gasteiger partial charge in [0, 0.05) is 0 Å². The molecule has 0 rings (SSSR count). The normalized spacial score (nSPS) is 13.1. The summed E-state index contributed by atoms with van der Waals surface area (Å²) in [5.41, 5.74) is 0. The van der Waals surface area contributed by atoms with Crippen molar-refractivity contribution in [2.24, 2.45) is 0 Å². The molecule has 4 N–H and O–H groups in total. The van der Waals surface area contributed by atoms with Crippen LogP contribution in [-0.4, -0.2) is 46.1 Å². The van der Waals surface area contributed by atoms with E-state index in [4.69, 9.17) is 0 Å². The second kappa shape index (κ2) is 55.9. The summed E-state index contributed by atoms with van der Waals surface area (Å²) in [6.45, 7) is 4.32. The van der Waals surface area contributed by atoms with Crippen molar-refractivity contribution < 1.29 is 20.1 Å². The van der Waals surface area contributed by atoms with E-state index < -0.39 is 18.2 Å². The third kappa shape index (κ3) is 52.6. The first-order chi connectivity index (χ1) is 32.0. The summed E-state index contributed by atoms with van der Waals surface area (Å²) in [7, 11) is 0. The molecule has 0 heterocycles. The predicted molar refractivity (Wildman–Crippen MR) is 287 cm³/mol. The molecule has 3 atom stereocenters. The molecular formula is C60H121NO4. The first-order valence-corrected chi connectivity index (χ1v) is 30.3. The van der Waals surface area contributed by atoms with Crippen molar-refractivity contribution in [3.05, 3.63) is 0 Å². The summed E-state index contributed by atoms with van der Waals surface area (Å²) in [4.78, 5) is 12.6. The van der Waals surface area contributed by atoms with Gasteiger partial charge in [0.25, 0.3) is 0 Å². The molecule has 5 heteroatoms. The molecule has 0 bridgehead atoms. The van der Waals surface area contributed by atoms with Crippen molar-refractivity contribution in [2.45, 2.75) is 372 Å². The molecule has 0 saturated heterocycles. The third-order valence-electron chi connectivity index (χ3n) is 14.7. The topological polar surface area (TPSA) is 89.8 Å². The molecule has 0 aromatic heterocycles. The van der Waals surface area contributed by atoms with E-state index in [1.54, 1.807) is 0 Å². The number of hydrogen-bond donors (Lipinski definition) is 4. The molecule has 0 radical (unpaired) electrons. The van der Waals surface area contributed by atoms with Crippen molar-refractivity contribution in [1.82, 2.24) is 5.32 Å². The molecule has 390 valence electrons. The van der Waals surface area contributed by atoms with Crippen molar-refractivity contribution in [3.63, 3.8) is 0 Å². The Balaban J connectivity index is 3.47. The smallest absolute Gasteiger partial charge is 0.222 e. The fourth-order valence-electron chi connectivity index (χ4n) is 10.1. The van der Waals surface area contributed by atoms with Crippen LogP contribution in [0.25, 0.3) is 0 Å². The molecular weight excluding hydrogens is 799 g/mol. The second-order valence-electron chi connectivity index (χ2n) is 21.3. The monoisotopic (exact) mass is 920 g/mol. The van der Waals surface area contributed by atoms with Crippen LogP contribution >= 0.6 is 0 Å². The molecule has 0 aliphatic rings. The average molecular weight is 921 g/mol. The van der Waals surface area contributed by atoms with Crippen LogP contribution in [-0.2, 0) is 4.79 Å². The number of carbonyl (C=O) groups excluding carboxylic acids is 1. The van der Waals surface area contributed by atoms with Crippen molar-refractivity contribution in [3.8, 4) is 0 Å². The number of amides is 1. The van der Waals surface area contributed by atoms with Gasteiger partial charge in [-0.25, -0.2) is 0 Å². The van der Waals surface area contributed by atoms with E-state index in [0.29, 0.717) is 12.8 Å². The molecule has 0 saturated carbocycles. The van der Waals surface area contributed by atoms with Gasteiger partial charge in [-0.2, -0.15) is 0 Å². The average Bonchev–Trinajstić information content (AvgIpc) is 3.30. The Labute approximate surface area is 408 Å². The highest BCUT2D eigenvalue weighted by atomic mass is 16.3. The number of nitrogens with one attached hydrogen (secondary N) is 1. The van der Waals surface area contributed by atoms with Crippen LogP contribution in [0.3, 0.4) is 0 Å². The standard InChI is InChI=1S/C60H121NO4/c1-3-5-7-9-11-13-15-17-19-21-23-25-27-28-29-30-32-33-35-37-39-41-43-45-47-49-51-53-57(63)55-60(65)61-58(56-62)59(64)54-52-50-48-46-44-42-40-38-36-34-31-26-24-22-20-18-16-14-12-10-8-6-4-2/h57-59,62-64H,3-56H2,1-2H3,(H,61,65). The molecule has 0 fully saturated rings. The fourth-order valence-corrected chi connectivity index (χ4v) is 10.1. The van der Waals surface area contributed by atoms with E-state index in [1.165, 1.54) is 295 Å². The highest BCUT2D eigenvalue weighted by molar-refractivity contribution is 5.76. The molecule has 3 unspecified atom stereocenters. The zero-order valence-corrected chi connectivity index (χ0v) is 44.7. The minimum absolute atomic E-state index is 0.0438. The molecule has 65 heavy (non-hydrogen) atoms. The number of aliphatic hydroxyl groups is 3. The molecule has 0 aliphatic carbocycles. The van der Waals surface area contributed by atoms with Crippen LogP contribution in [0.1, 0.15) is 354 Å². The van der Waals surface area contributed by atoms with Gasteiger partial charge in [-0.3, -0.25) is 4.79 Å². The summed E-state index contributed by atoms with van der Waals surface area (Å²) in [5.74, 6) is -0.273. The van der Waals surface area contributed by atoms with Crippen LogP contribution in [0.2, 0.25) is 0 Å². The number of unbranched alkanes of at least 4 members (excludes halogenated alkanes) is 48. The maximum absolute atomic E-state index is 12.6. The van der Waals surface area contributed by atoms with Gasteiger partial charge in [0.1, 0.15) is 0 Å². The van der Waals surface area contributed by atoms with E-state index in [9.17, 15) is 20.1 Å². The van der Waals surface area contributed by atoms with Crippen molar-refractivity contribution >= 4 is 5.91 Å². The Morgan fingerprint density at radius 2 is 0.523 bits per heavy atom. The van der Waals surface area contributed by atoms with Crippen LogP contribution in [0.4, 0.5) is 0 Å². The van der Waals surface area contributed by atoms with Crippen molar-refractivity contribution in [2.75, 3.05) is 6.61 Å². The Morgan fingerprint density at radius 1 is 0.323 bits per heavy atom. The van der Waals surface area contributed by atoms with Gasteiger partial charge in [0.05, 0.1) is 31.3 Å². The Hall–Kier alpha value is -0.650. The van der Waals surface area contributed by atoms with Crippen LogP contribution in [0.5, 0.6) is 0 Å². The maximum Gasteiger partial charge on any atom is 0.222 e. The first kappa shape index (κ1) is 64.3. The van der Waals surface area contributed by atoms with Crippen LogP contribution in [0.15, 0.2) is 0 Å². The minimum atomic E-state index is -0.746. The Bertz CT molecular complexity index is 883. The Morgan fingerprint density at radius 3 is 0.738 bits per heavy atom. The van der Waals surface area contributed by atoms with E-state index in [2.05, 4.69) is 19.2 Å². The van der Waals surface area contributed by atoms with E-state index >= 15 is 0 Å².